The van der Waals surface area contributed by atoms with Crippen molar-refractivity contribution in [2.75, 3.05) is 20.8 Å². The zero-order valence-corrected chi connectivity index (χ0v) is 20.1. The van der Waals surface area contributed by atoms with E-state index in [0.717, 1.165) is 36.2 Å². The molecule has 2 aliphatic carbocycles. The number of methoxy groups -OCH3 is 2. The zero-order valence-electron chi connectivity index (χ0n) is 20.1. The number of pyridine rings is 1. The van der Waals surface area contributed by atoms with Crippen molar-refractivity contribution in [1.29, 1.82) is 0 Å². The molecular formula is C27H36N2O4. The van der Waals surface area contributed by atoms with Crippen LogP contribution in [-0.4, -0.2) is 31.2 Å². The molecule has 6 heteroatoms. The molecule has 0 bridgehead atoms. The first-order valence-corrected chi connectivity index (χ1v) is 12.2. The maximum Gasteiger partial charge on any atom is 0.257 e. The number of aryl methyl sites for hydroxylation is 2. The summed E-state index contributed by atoms with van der Waals surface area (Å²) in [5, 5.41) is 3.10. The highest BCUT2D eigenvalue weighted by molar-refractivity contribution is 5.95. The third-order valence-electron chi connectivity index (χ3n) is 7.10. The van der Waals surface area contributed by atoms with E-state index in [-0.39, 0.29) is 11.3 Å². The molecule has 178 valence electrons. The number of hydrogen-bond acceptors (Lipinski definition) is 4. The summed E-state index contributed by atoms with van der Waals surface area (Å²) in [6, 6.07) is 7.56. The van der Waals surface area contributed by atoms with E-state index >= 15 is 0 Å². The van der Waals surface area contributed by atoms with Crippen LogP contribution < -0.4 is 20.2 Å². The summed E-state index contributed by atoms with van der Waals surface area (Å²) in [5.41, 5.74) is 3.15. The summed E-state index contributed by atoms with van der Waals surface area (Å²) in [7, 11) is 3.26. The van der Waals surface area contributed by atoms with Crippen LogP contribution in [0.1, 0.15) is 78.2 Å². The van der Waals surface area contributed by atoms with Crippen LogP contribution in [0, 0.1) is 12.8 Å². The fourth-order valence-electron chi connectivity index (χ4n) is 5.09. The molecule has 2 aliphatic rings. The van der Waals surface area contributed by atoms with Crippen LogP contribution in [0.2, 0.25) is 0 Å². The molecule has 0 unspecified atom stereocenters. The minimum atomic E-state index is -0.202. The Morgan fingerprint density at radius 3 is 2.42 bits per heavy atom. The number of ether oxygens (including phenoxy) is 2. The Hall–Kier alpha value is -2.76. The van der Waals surface area contributed by atoms with Crippen LogP contribution in [0.3, 0.4) is 0 Å². The van der Waals surface area contributed by atoms with Gasteiger partial charge in [0.05, 0.1) is 14.2 Å². The summed E-state index contributed by atoms with van der Waals surface area (Å²) in [5.74, 6) is 2.03. The second kappa shape index (κ2) is 10.4. The fraction of sp³-hybridized carbons (Fsp3) is 0.556. The minimum absolute atomic E-state index is 0.155. The molecule has 1 aromatic carbocycles. The van der Waals surface area contributed by atoms with Gasteiger partial charge in [0.25, 0.3) is 5.91 Å². The third-order valence-corrected chi connectivity index (χ3v) is 7.10. The van der Waals surface area contributed by atoms with Crippen molar-refractivity contribution in [1.82, 2.24) is 9.88 Å². The molecule has 0 spiro atoms. The van der Waals surface area contributed by atoms with E-state index in [1.54, 1.807) is 20.3 Å². The molecule has 0 saturated heterocycles. The maximum absolute atomic E-state index is 13.2. The normalized spacial score (nSPS) is 16.5. The molecule has 2 fully saturated rings. The van der Waals surface area contributed by atoms with Crippen LogP contribution in [0.25, 0.3) is 0 Å². The van der Waals surface area contributed by atoms with Crippen LogP contribution >= 0.6 is 0 Å². The predicted molar refractivity (Wildman–Crippen MR) is 130 cm³/mol. The van der Waals surface area contributed by atoms with E-state index in [0.29, 0.717) is 42.0 Å². The summed E-state index contributed by atoms with van der Waals surface area (Å²) < 4.78 is 13.0. The number of aromatic nitrogens is 1. The molecule has 1 amide bonds. The lowest BCUT2D eigenvalue weighted by atomic mass is 9.89. The fourth-order valence-corrected chi connectivity index (χ4v) is 5.09. The number of benzene rings is 1. The lowest BCUT2D eigenvalue weighted by molar-refractivity contribution is 0.0940. The Morgan fingerprint density at radius 1 is 1.03 bits per heavy atom. The van der Waals surface area contributed by atoms with Gasteiger partial charge in [-0.05, 0) is 62.6 Å². The minimum Gasteiger partial charge on any atom is -0.493 e. The van der Waals surface area contributed by atoms with Crippen molar-refractivity contribution in [3.05, 3.63) is 57.0 Å². The van der Waals surface area contributed by atoms with Gasteiger partial charge in [-0.1, -0.05) is 25.3 Å². The van der Waals surface area contributed by atoms with E-state index in [1.807, 2.05) is 25.1 Å². The average Bonchev–Trinajstić information content (AvgIpc) is 3.67. The Morgan fingerprint density at radius 2 is 1.76 bits per heavy atom. The van der Waals surface area contributed by atoms with E-state index in [9.17, 15) is 9.59 Å². The second-order valence-corrected chi connectivity index (χ2v) is 9.49. The molecule has 2 aromatic rings. The Balaban J connectivity index is 1.57. The topological polar surface area (TPSA) is 69.6 Å². The van der Waals surface area contributed by atoms with Gasteiger partial charge in [0.15, 0.2) is 16.9 Å². The Labute approximate surface area is 196 Å². The largest absolute Gasteiger partial charge is 0.493 e. The maximum atomic E-state index is 13.2. The Kier molecular flexibility index (Phi) is 7.41. The lowest BCUT2D eigenvalue weighted by Crippen LogP contribution is -2.35. The SMILES string of the molecule is COc1ccc(CCn2c(C)cc(=O)c(C(=O)NCC3CCCCC3)c2C2CC2)cc1OC. The molecule has 4 rings (SSSR count). The van der Waals surface area contributed by atoms with Gasteiger partial charge in [-0.15, -0.1) is 0 Å². The highest BCUT2D eigenvalue weighted by atomic mass is 16.5. The first-order chi connectivity index (χ1) is 16.0. The van der Waals surface area contributed by atoms with Crippen LogP contribution in [0.4, 0.5) is 0 Å². The number of carbonyl (C=O) groups excluding carboxylic acids is 1. The molecule has 1 N–H and O–H groups in total. The highest BCUT2D eigenvalue weighted by Crippen LogP contribution is 2.41. The molecule has 0 atom stereocenters. The average molecular weight is 453 g/mol. The smallest absolute Gasteiger partial charge is 0.257 e. The van der Waals surface area contributed by atoms with Crippen molar-refractivity contribution < 1.29 is 14.3 Å². The van der Waals surface area contributed by atoms with Crippen LogP contribution in [0.15, 0.2) is 29.1 Å². The van der Waals surface area contributed by atoms with Crippen LogP contribution in [-0.2, 0) is 13.0 Å². The van der Waals surface area contributed by atoms with Gasteiger partial charge in [0, 0.05) is 36.5 Å². The standard InChI is InChI=1S/C27H36N2O4/c1-18-15-22(30)25(27(31)28-17-20-7-5-4-6-8-20)26(21-10-11-21)29(18)14-13-19-9-12-23(32-2)24(16-19)33-3/h9,12,15-16,20-21H,4-8,10-11,13-14,17H2,1-3H3,(H,28,31). The zero-order chi connectivity index (χ0) is 23.4. The number of carbonyl (C=O) groups is 1. The van der Waals surface area contributed by atoms with E-state index in [4.69, 9.17) is 9.47 Å². The molecular weight excluding hydrogens is 416 g/mol. The predicted octanol–water partition coefficient (Wildman–Crippen LogP) is 4.60. The summed E-state index contributed by atoms with van der Waals surface area (Å²) in [6.45, 7) is 3.34. The number of nitrogens with one attached hydrogen (secondary N) is 1. The summed E-state index contributed by atoms with van der Waals surface area (Å²) >= 11 is 0. The van der Waals surface area contributed by atoms with Crippen molar-refractivity contribution in [3.63, 3.8) is 0 Å². The number of nitrogens with zero attached hydrogens (tertiary/aromatic N) is 1. The molecule has 6 nitrogen and oxygen atoms in total. The van der Waals surface area contributed by atoms with Gasteiger partial charge in [0.2, 0.25) is 0 Å². The van der Waals surface area contributed by atoms with Crippen molar-refractivity contribution in [2.45, 2.75) is 70.8 Å². The Bertz CT molecular complexity index is 1050. The first-order valence-electron chi connectivity index (χ1n) is 12.2. The van der Waals surface area contributed by atoms with Crippen molar-refractivity contribution >= 4 is 5.91 Å². The quantitative estimate of drug-likeness (QED) is 0.604. The van der Waals surface area contributed by atoms with Gasteiger partial charge in [-0.25, -0.2) is 0 Å². The van der Waals surface area contributed by atoms with E-state index in [1.165, 1.54) is 32.1 Å². The molecule has 33 heavy (non-hydrogen) atoms. The molecule has 2 saturated carbocycles. The highest BCUT2D eigenvalue weighted by Gasteiger charge is 2.33. The first kappa shape index (κ1) is 23.4. The summed E-state index contributed by atoms with van der Waals surface area (Å²) in [6.07, 6.45) is 8.93. The van der Waals surface area contributed by atoms with Gasteiger partial charge in [0.1, 0.15) is 5.56 Å². The number of amides is 1. The number of hydrogen-bond donors (Lipinski definition) is 1. The number of rotatable bonds is 9. The van der Waals surface area contributed by atoms with Crippen molar-refractivity contribution in [2.24, 2.45) is 5.92 Å². The summed E-state index contributed by atoms with van der Waals surface area (Å²) in [4.78, 5) is 26.2. The third kappa shape index (κ3) is 5.43. The van der Waals surface area contributed by atoms with Gasteiger partial charge in [-0.3, -0.25) is 9.59 Å². The second-order valence-electron chi connectivity index (χ2n) is 9.49. The van der Waals surface area contributed by atoms with E-state index < -0.39 is 0 Å². The molecule has 1 aromatic heterocycles. The monoisotopic (exact) mass is 452 g/mol. The lowest BCUT2D eigenvalue weighted by Gasteiger charge is -2.23. The van der Waals surface area contributed by atoms with E-state index in [2.05, 4.69) is 9.88 Å². The van der Waals surface area contributed by atoms with Crippen LogP contribution in [0.5, 0.6) is 11.5 Å². The van der Waals surface area contributed by atoms with Gasteiger partial charge < -0.3 is 19.4 Å². The van der Waals surface area contributed by atoms with Gasteiger partial charge >= 0.3 is 0 Å². The van der Waals surface area contributed by atoms with Gasteiger partial charge in [-0.2, -0.15) is 0 Å². The molecule has 0 radical (unpaired) electrons. The molecule has 0 aliphatic heterocycles. The van der Waals surface area contributed by atoms with Crippen molar-refractivity contribution in [3.8, 4) is 11.5 Å². The molecule has 1 heterocycles.